The Labute approximate surface area is 142 Å². The molecule has 6 heteroatoms. The fourth-order valence-electron chi connectivity index (χ4n) is 2.95. The molecular weight excluding hydrogens is 304 g/mol. The molecule has 1 aliphatic heterocycles. The van der Waals surface area contributed by atoms with Gasteiger partial charge in [0.15, 0.2) is 0 Å². The Morgan fingerprint density at radius 2 is 2.00 bits per heavy atom. The smallest absolute Gasteiger partial charge is 0.219 e. The summed E-state index contributed by atoms with van der Waals surface area (Å²) in [5, 5.41) is 3.41. The number of oxazole rings is 1. The first-order valence-electron chi connectivity index (χ1n) is 8.33. The Hall–Kier alpha value is -2.34. The molecule has 3 rings (SSSR count). The number of amides is 1. The molecule has 2 aromatic rings. The first kappa shape index (κ1) is 16.5. The number of hydrogen-bond acceptors (Lipinski definition) is 5. The van der Waals surface area contributed by atoms with Crippen LogP contribution in [0.25, 0.3) is 0 Å². The van der Waals surface area contributed by atoms with Crippen molar-refractivity contribution in [3.63, 3.8) is 0 Å². The van der Waals surface area contributed by atoms with E-state index in [1.165, 1.54) is 5.56 Å². The summed E-state index contributed by atoms with van der Waals surface area (Å²) in [7, 11) is 0. The molecule has 1 saturated heterocycles. The highest BCUT2D eigenvalue weighted by atomic mass is 16.4. The summed E-state index contributed by atoms with van der Waals surface area (Å²) >= 11 is 0. The Morgan fingerprint density at radius 1 is 1.25 bits per heavy atom. The van der Waals surface area contributed by atoms with Crippen molar-refractivity contribution in [2.24, 2.45) is 0 Å². The van der Waals surface area contributed by atoms with Crippen LogP contribution in [-0.4, -0.2) is 46.9 Å². The van der Waals surface area contributed by atoms with Crippen molar-refractivity contribution in [2.75, 3.05) is 31.5 Å². The van der Waals surface area contributed by atoms with Crippen LogP contribution in [0.3, 0.4) is 0 Å². The number of anilines is 1. The van der Waals surface area contributed by atoms with E-state index in [1.54, 1.807) is 13.1 Å². The maximum Gasteiger partial charge on any atom is 0.219 e. The normalized spacial score (nSPS) is 15.5. The second-order valence-corrected chi connectivity index (χ2v) is 6.16. The van der Waals surface area contributed by atoms with Gasteiger partial charge in [0.05, 0.1) is 12.7 Å². The van der Waals surface area contributed by atoms with Gasteiger partial charge in [-0.05, 0) is 18.6 Å². The highest BCUT2D eigenvalue weighted by molar-refractivity contribution is 5.73. The average molecular weight is 328 g/mol. The van der Waals surface area contributed by atoms with Crippen molar-refractivity contribution in [3.8, 4) is 0 Å². The predicted molar refractivity (Wildman–Crippen MR) is 92.5 cm³/mol. The lowest BCUT2D eigenvalue weighted by Crippen LogP contribution is -2.47. The van der Waals surface area contributed by atoms with Crippen LogP contribution in [-0.2, 0) is 17.9 Å². The third kappa shape index (κ3) is 4.14. The molecule has 24 heavy (non-hydrogen) atoms. The van der Waals surface area contributed by atoms with Gasteiger partial charge in [-0.15, -0.1) is 0 Å². The van der Waals surface area contributed by atoms with Crippen molar-refractivity contribution in [1.82, 2.24) is 14.8 Å². The molecule has 1 aromatic heterocycles. The minimum atomic E-state index is 0.165. The quantitative estimate of drug-likeness (QED) is 0.912. The number of piperazine rings is 1. The number of rotatable bonds is 5. The molecule has 0 bridgehead atoms. The van der Waals surface area contributed by atoms with Crippen LogP contribution in [0.5, 0.6) is 0 Å². The highest BCUT2D eigenvalue weighted by Crippen LogP contribution is 2.19. The predicted octanol–water partition coefficient (Wildman–Crippen LogP) is 2.26. The maximum absolute atomic E-state index is 11.4. The van der Waals surface area contributed by atoms with Gasteiger partial charge in [-0.25, -0.2) is 4.98 Å². The molecule has 6 nitrogen and oxygen atoms in total. The Kier molecular flexibility index (Phi) is 5.15. The third-order valence-corrected chi connectivity index (χ3v) is 4.33. The van der Waals surface area contributed by atoms with Crippen LogP contribution >= 0.6 is 0 Å². The van der Waals surface area contributed by atoms with Gasteiger partial charge < -0.3 is 14.6 Å². The van der Waals surface area contributed by atoms with Crippen LogP contribution in [0.15, 0.2) is 34.9 Å². The summed E-state index contributed by atoms with van der Waals surface area (Å²) in [5.41, 5.74) is 2.35. The molecule has 0 radical (unpaired) electrons. The van der Waals surface area contributed by atoms with Crippen molar-refractivity contribution in [2.45, 2.75) is 26.9 Å². The number of aromatic nitrogens is 1. The first-order valence-corrected chi connectivity index (χ1v) is 8.33. The SMILES string of the molecule is CC(=O)N1CCN(Cc2ccccc2NCc2ncc(C)o2)CC1. The van der Waals surface area contributed by atoms with E-state index in [2.05, 4.69) is 33.4 Å². The number of hydrogen-bond donors (Lipinski definition) is 1. The van der Waals surface area contributed by atoms with E-state index in [4.69, 9.17) is 4.42 Å². The summed E-state index contributed by atoms with van der Waals surface area (Å²) in [6.45, 7) is 8.41. The molecule has 1 amide bonds. The van der Waals surface area contributed by atoms with E-state index in [0.717, 1.165) is 44.2 Å². The molecule has 1 fully saturated rings. The zero-order valence-corrected chi connectivity index (χ0v) is 14.3. The van der Waals surface area contributed by atoms with E-state index >= 15 is 0 Å². The summed E-state index contributed by atoms with van der Waals surface area (Å²) in [5.74, 6) is 1.68. The molecule has 1 N–H and O–H groups in total. The number of para-hydroxylation sites is 1. The second kappa shape index (κ2) is 7.49. The van der Waals surface area contributed by atoms with E-state index in [0.29, 0.717) is 12.4 Å². The summed E-state index contributed by atoms with van der Waals surface area (Å²) in [6.07, 6.45) is 1.73. The van der Waals surface area contributed by atoms with E-state index in [1.807, 2.05) is 17.9 Å². The van der Waals surface area contributed by atoms with Gasteiger partial charge in [-0.2, -0.15) is 0 Å². The minimum Gasteiger partial charge on any atom is -0.444 e. The lowest BCUT2D eigenvalue weighted by atomic mass is 10.1. The van der Waals surface area contributed by atoms with Crippen molar-refractivity contribution in [3.05, 3.63) is 47.7 Å². The fourth-order valence-corrected chi connectivity index (χ4v) is 2.95. The lowest BCUT2D eigenvalue weighted by molar-refractivity contribution is -0.130. The number of nitrogens with zero attached hydrogens (tertiary/aromatic N) is 3. The van der Waals surface area contributed by atoms with Crippen molar-refractivity contribution >= 4 is 11.6 Å². The van der Waals surface area contributed by atoms with Gasteiger partial charge >= 0.3 is 0 Å². The van der Waals surface area contributed by atoms with Crippen LogP contribution in [0.2, 0.25) is 0 Å². The largest absolute Gasteiger partial charge is 0.444 e. The molecule has 2 heterocycles. The van der Waals surface area contributed by atoms with E-state index in [-0.39, 0.29) is 5.91 Å². The number of nitrogens with one attached hydrogen (secondary N) is 1. The molecule has 0 atom stereocenters. The van der Waals surface area contributed by atoms with Gasteiger partial charge in [-0.1, -0.05) is 18.2 Å². The summed E-state index contributed by atoms with van der Waals surface area (Å²) in [4.78, 5) is 19.9. The molecule has 1 aliphatic rings. The number of carbonyl (C=O) groups excluding carboxylic acids is 1. The molecule has 0 spiro atoms. The zero-order valence-electron chi connectivity index (χ0n) is 14.3. The highest BCUT2D eigenvalue weighted by Gasteiger charge is 2.19. The van der Waals surface area contributed by atoms with Crippen LogP contribution in [0, 0.1) is 6.92 Å². The maximum atomic E-state index is 11.4. The molecule has 128 valence electrons. The van der Waals surface area contributed by atoms with Crippen LogP contribution < -0.4 is 5.32 Å². The van der Waals surface area contributed by atoms with Crippen LogP contribution in [0.4, 0.5) is 5.69 Å². The van der Waals surface area contributed by atoms with Crippen molar-refractivity contribution in [1.29, 1.82) is 0 Å². The molecule has 0 unspecified atom stereocenters. The number of benzene rings is 1. The van der Waals surface area contributed by atoms with Gasteiger partial charge in [0, 0.05) is 45.3 Å². The van der Waals surface area contributed by atoms with Gasteiger partial charge in [0.1, 0.15) is 5.76 Å². The number of aryl methyl sites for hydroxylation is 1. The van der Waals surface area contributed by atoms with Crippen LogP contribution in [0.1, 0.15) is 24.1 Å². The molecule has 0 saturated carbocycles. The molecular formula is C18H24N4O2. The zero-order chi connectivity index (χ0) is 16.9. The number of carbonyl (C=O) groups is 1. The first-order chi connectivity index (χ1) is 11.6. The Morgan fingerprint density at radius 3 is 2.67 bits per heavy atom. The Balaban J connectivity index is 1.59. The topological polar surface area (TPSA) is 61.6 Å². The molecule has 1 aromatic carbocycles. The average Bonchev–Trinajstić information content (AvgIpc) is 3.00. The Bertz CT molecular complexity index is 690. The van der Waals surface area contributed by atoms with Gasteiger partial charge in [-0.3, -0.25) is 9.69 Å². The fraction of sp³-hybridized carbons (Fsp3) is 0.444. The minimum absolute atomic E-state index is 0.165. The summed E-state index contributed by atoms with van der Waals surface area (Å²) < 4.78 is 5.51. The van der Waals surface area contributed by atoms with E-state index in [9.17, 15) is 4.79 Å². The molecule has 0 aliphatic carbocycles. The van der Waals surface area contributed by atoms with Gasteiger partial charge in [0.2, 0.25) is 11.8 Å². The standard InChI is InChI=1S/C18H24N4O2/c1-14-11-20-18(24-14)12-19-17-6-4-3-5-16(17)13-21-7-9-22(10-8-21)15(2)23/h3-6,11,19H,7-10,12-13H2,1-2H3. The van der Waals surface area contributed by atoms with Crippen molar-refractivity contribution < 1.29 is 9.21 Å². The van der Waals surface area contributed by atoms with Gasteiger partial charge in [0.25, 0.3) is 0 Å². The third-order valence-electron chi connectivity index (χ3n) is 4.33. The summed E-state index contributed by atoms with van der Waals surface area (Å²) in [6, 6.07) is 8.30. The monoisotopic (exact) mass is 328 g/mol. The van der Waals surface area contributed by atoms with E-state index < -0.39 is 0 Å². The second-order valence-electron chi connectivity index (χ2n) is 6.16. The lowest BCUT2D eigenvalue weighted by Gasteiger charge is -2.34.